The van der Waals surface area contributed by atoms with Crippen LogP contribution in [0, 0.1) is 17.2 Å². The summed E-state index contributed by atoms with van der Waals surface area (Å²) in [5.41, 5.74) is 0. The lowest BCUT2D eigenvalue weighted by atomic mass is 9.96. The van der Waals surface area contributed by atoms with E-state index in [1.54, 1.807) is 0 Å². The molecule has 1 heterocycles. The van der Waals surface area contributed by atoms with Crippen molar-refractivity contribution in [3.8, 4) is 6.07 Å². The van der Waals surface area contributed by atoms with Crippen LogP contribution in [0.3, 0.4) is 0 Å². The quantitative estimate of drug-likeness (QED) is 0.683. The first-order chi connectivity index (χ1) is 7.11. The van der Waals surface area contributed by atoms with Crippen LogP contribution in [0.25, 0.3) is 0 Å². The van der Waals surface area contributed by atoms with Crippen molar-refractivity contribution >= 4 is 11.6 Å². The molecule has 1 fully saturated rings. The molecule has 15 heavy (non-hydrogen) atoms. The second-order valence-electron chi connectivity index (χ2n) is 4.60. The fourth-order valence-corrected chi connectivity index (χ4v) is 2.33. The molecule has 1 saturated heterocycles. The van der Waals surface area contributed by atoms with E-state index in [0.717, 1.165) is 19.0 Å². The molecule has 0 aromatic rings. The average Bonchev–Trinajstić information content (AvgIpc) is 2.20. The van der Waals surface area contributed by atoms with Gasteiger partial charge in [-0.3, -0.25) is 0 Å². The fourth-order valence-electron chi connectivity index (χ4n) is 2.14. The Morgan fingerprint density at radius 3 is 2.53 bits per heavy atom. The molecule has 0 aromatic carbocycles. The summed E-state index contributed by atoms with van der Waals surface area (Å²) >= 11 is 5.81. The molecule has 3 nitrogen and oxygen atoms in total. The Hall–Kier alpha value is -0.300. The first-order valence-electron chi connectivity index (χ1n) is 5.52. The van der Waals surface area contributed by atoms with E-state index in [2.05, 4.69) is 30.0 Å². The van der Waals surface area contributed by atoms with Crippen LogP contribution in [0.4, 0.5) is 0 Å². The highest BCUT2D eigenvalue weighted by Crippen LogP contribution is 2.18. The van der Waals surface area contributed by atoms with Crippen molar-refractivity contribution in [3.05, 3.63) is 0 Å². The van der Waals surface area contributed by atoms with Gasteiger partial charge in [-0.25, -0.2) is 0 Å². The molecule has 0 aliphatic carbocycles. The molecular formula is C11H20ClN3. The summed E-state index contributed by atoms with van der Waals surface area (Å²) in [6.45, 7) is 4.07. The standard InChI is InChI=1S/C11H20ClN3/c1-14(2)8-10-3-5-15(6-4-10)9-11(12)7-13/h10-11H,3-6,8-9H2,1-2H3. The zero-order valence-corrected chi connectivity index (χ0v) is 10.4. The van der Waals surface area contributed by atoms with Crippen molar-refractivity contribution in [2.45, 2.75) is 18.2 Å². The average molecular weight is 230 g/mol. The van der Waals surface area contributed by atoms with E-state index >= 15 is 0 Å². The molecule has 0 aromatic heterocycles. The molecule has 0 spiro atoms. The molecule has 1 unspecified atom stereocenters. The fraction of sp³-hybridized carbons (Fsp3) is 0.909. The van der Waals surface area contributed by atoms with Gasteiger partial charge in [-0.1, -0.05) is 0 Å². The van der Waals surface area contributed by atoms with E-state index < -0.39 is 0 Å². The Kier molecular flexibility index (Phi) is 5.38. The Morgan fingerprint density at radius 1 is 1.47 bits per heavy atom. The van der Waals surface area contributed by atoms with Gasteiger partial charge in [-0.2, -0.15) is 5.26 Å². The number of nitrogens with zero attached hydrogens (tertiary/aromatic N) is 3. The van der Waals surface area contributed by atoms with Crippen LogP contribution in [0.5, 0.6) is 0 Å². The third-order valence-corrected chi connectivity index (χ3v) is 3.12. The van der Waals surface area contributed by atoms with Crippen molar-refractivity contribution in [3.63, 3.8) is 0 Å². The first kappa shape index (κ1) is 12.8. The Bertz CT molecular complexity index is 216. The molecule has 4 heteroatoms. The maximum Gasteiger partial charge on any atom is 0.133 e. The Labute approximate surface area is 97.6 Å². The normalized spacial score (nSPS) is 21.5. The first-order valence-corrected chi connectivity index (χ1v) is 5.96. The maximum atomic E-state index is 8.62. The van der Waals surface area contributed by atoms with E-state index in [1.165, 1.54) is 19.4 Å². The number of piperidine rings is 1. The number of nitriles is 1. The van der Waals surface area contributed by atoms with E-state index in [-0.39, 0.29) is 5.38 Å². The lowest BCUT2D eigenvalue weighted by Gasteiger charge is -2.33. The van der Waals surface area contributed by atoms with Crippen LogP contribution in [0.1, 0.15) is 12.8 Å². The summed E-state index contributed by atoms with van der Waals surface area (Å²) in [6.07, 6.45) is 2.46. The number of rotatable bonds is 4. The lowest BCUT2D eigenvalue weighted by Crippen LogP contribution is -2.39. The molecule has 1 atom stereocenters. The van der Waals surface area contributed by atoms with Gasteiger partial charge in [0, 0.05) is 13.1 Å². The van der Waals surface area contributed by atoms with Crippen molar-refractivity contribution in [1.29, 1.82) is 5.26 Å². The number of likely N-dealkylation sites (tertiary alicyclic amines) is 1. The summed E-state index contributed by atoms with van der Waals surface area (Å²) in [5, 5.41) is 8.27. The van der Waals surface area contributed by atoms with Crippen LogP contribution < -0.4 is 0 Å². The minimum Gasteiger partial charge on any atom is -0.309 e. The third-order valence-electron chi connectivity index (χ3n) is 2.89. The summed E-state index contributed by atoms with van der Waals surface area (Å²) in [6, 6.07) is 2.07. The molecule has 1 aliphatic rings. The number of hydrogen-bond acceptors (Lipinski definition) is 3. The largest absolute Gasteiger partial charge is 0.309 e. The van der Waals surface area contributed by atoms with Gasteiger partial charge in [-0.15, -0.1) is 11.6 Å². The minimum absolute atomic E-state index is 0.351. The molecule has 0 N–H and O–H groups in total. The SMILES string of the molecule is CN(C)CC1CCN(CC(Cl)C#N)CC1. The van der Waals surface area contributed by atoms with Crippen molar-refractivity contribution in [1.82, 2.24) is 9.80 Å². The van der Waals surface area contributed by atoms with E-state index in [0.29, 0.717) is 6.54 Å². The number of halogens is 1. The molecule has 0 bridgehead atoms. The van der Waals surface area contributed by atoms with Crippen LogP contribution >= 0.6 is 11.6 Å². The van der Waals surface area contributed by atoms with Crippen molar-refractivity contribution < 1.29 is 0 Å². The molecule has 1 rings (SSSR count). The molecule has 0 amide bonds. The van der Waals surface area contributed by atoms with Gasteiger partial charge in [-0.05, 0) is 45.9 Å². The van der Waals surface area contributed by atoms with Crippen LogP contribution in [-0.4, -0.2) is 55.5 Å². The van der Waals surface area contributed by atoms with Crippen LogP contribution in [-0.2, 0) is 0 Å². The minimum atomic E-state index is -0.351. The lowest BCUT2D eigenvalue weighted by molar-refractivity contribution is 0.166. The van der Waals surface area contributed by atoms with Gasteiger partial charge < -0.3 is 9.80 Å². The highest BCUT2D eigenvalue weighted by molar-refractivity contribution is 6.22. The smallest absolute Gasteiger partial charge is 0.133 e. The van der Waals surface area contributed by atoms with Crippen LogP contribution in [0.15, 0.2) is 0 Å². The maximum absolute atomic E-state index is 8.62. The van der Waals surface area contributed by atoms with E-state index in [9.17, 15) is 0 Å². The van der Waals surface area contributed by atoms with Gasteiger partial charge in [0.15, 0.2) is 0 Å². The molecule has 0 radical (unpaired) electrons. The zero-order valence-electron chi connectivity index (χ0n) is 9.62. The van der Waals surface area contributed by atoms with Crippen LogP contribution in [0.2, 0.25) is 0 Å². The van der Waals surface area contributed by atoms with Gasteiger partial charge in [0.1, 0.15) is 5.38 Å². The molecular weight excluding hydrogens is 210 g/mol. The Balaban J connectivity index is 2.21. The van der Waals surface area contributed by atoms with Crippen molar-refractivity contribution in [2.75, 3.05) is 40.3 Å². The van der Waals surface area contributed by atoms with Gasteiger partial charge in [0.2, 0.25) is 0 Å². The van der Waals surface area contributed by atoms with E-state index in [4.69, 9.17) is 16.9 Å². The van der Waals surface area contributed by atoms with Crippen molar-refractivity contribution in [2.24, 2.45) is 5.92 Å². The number of hydrogen-bond donors (Lipinski definition) is 0. The number of alkyl halides is 1. The third kappa shape index (κ3) is 4.83. The van der Waals surface area contributed by atoms with Gasteiger partial charge in [0.05, 0.1) is 6.07 Å². The van der Waals surface area contributed by atoms with Gasteiger partial charge >= 0.3 is 0 Å². The summed E-state index contributed by atoms with van der Waals surface area (Å²) in [5.74, 6) is 0.812. The highest BCUT2D eigenvalue weighted by Gasteiger charge is 2.20. The van der Waals surface area contributed by atoms with E-state index in [1.807, 2.05) is 0 Å². The molecule has 0 saturated carbocycles. The summed E-state index contributed by atoms with van der Waals surface area (Å²) < 4.78 is 0. The monoisotopic (exact) mass is 229 g/mol. The summed E-state index contributed by atoms with van der Waals surface area (Å²) in [4.78, 5) is 4.55. The Morgan fingerprint density at radius 2 is 2.07 bits per heavy atom. The van der Waals surface area contributed by atoms with Gasteiger partial charge in [0.25, 0.3) is 0 Å². The predicted octanol–water partition coefficient (Wildman–Crippen LogP) is 1.39. The predicted molar refractivity (Wildman–Crippen MR) is 63.0 cm³/mol. The highest BCUT2D eigenvalue weighted by atomic mass is 35.5. The second kappa shape index (κ2) is 6.32. The zero-order chi connectivity index (χ0) is 11.3. The summed E-state index contributed by atoms with van der Waals surface area (Å²) in [7, 11) is 4.24. The molecule has 1 aliphatic heterocycles. The topological polar surface area (TPSA) is 30.3 Å². The second-order valence-corrected chi connectivity index (χ2v) is 5.13. The molecule has 86 valence electrons.